The van der Waals surface area contributed by atoms with Crippen LogP contribution in [0, 0.1) is 0 Å². The molecule has 0 radical (unpaired) electrons. The summed E-state index contributed by atoms with van der Waals surface area (Å²) in [6.45, 7) is 0.343. The number of hydrogen-bond donors (Lipinski definition) is 2. The Morgan fingerprint density at radius 3 is 2.67 bits per heavy atom. The van der Waals surface area contributed by atoms with Gasteiger partial charge in [-0.2, -0.15) is 9.40 Å². The molecule has 0 saturated carbocycles. The van der Waals surface area contributed by atoms with Crippen LogP contribution in [0.25, 0.3) is 16.8 Å². The molecule has 12 nitrogen and oxygen atoms in total. The van der Waals surface area contributed by atoms with E-state index in [-0.39, 0.29) is 55.7 Å². The van der Waals surface area contributed by atoms with Crippen LogP contribution in [0.4, 0.5) is 19.0 Å². The van der Waals surface area contributed by atoms with E-state index >= 15 is 0 Å². The molecule has 3 aromatic heterocycles. The van der Waals surface area contributed by atoms with Gasteiger partial charge in [0.2, 0.25) is 15.9 Å². The number of methoxy groups -OCH3 is 1. The Bertz CT molecular complexity index is 1530. The smallest absolute Gasteiger partial charge is 0.272 e. The zero-order chi connectivity index (χ0) is 28.1. The summed E-state index contributed by atoms with van der Waals surface area (Å²) in [6.07, 6.45) is 1.10. The lowest BCUT2D eigenvalue weighted by Crippen LogP contribution is -2.55. The molecule has 210 valence electrons. The van der Waals surface area contributed by atoms with E-state index in [9.17, 15) is 26.4 Å². The fraction of sp³-hybridized carbons (Fsp3) is 0.478. The summed E-state index contributed by atoms with van der Waals surface area (Å²) >= 11 is 0. The van der Waals surface area contributed by atoms with Gasteiger partial charge in [0.1, 0.15) is 23.6 Å². The predicted molar refractivity (Wildman–Crippen MR) is 135 cm³/mol. The van der Waals surface area contributed by atoms with Crippen molar-refractivity contribution < 1.29 is 31.1 Å². The first kappa shape index (κ1) is 27.1. The van der Waals surface area contributed by atoms with Crippen molar-refractivity contribution in [2.75, 3.05) is 44.8 Å². The third-order valence-corrected chi connectivity index (χ3v) is 8.65. The normalized spacial score (nSPS) is 21.7. The fourth-order valence-electron chi connectivity index (χ4n) is 4.87. The van der Waals surface area contributed by atoms with E-state index in [4.69, 9.17) is 10.5 Å². The van der Waals surface area contributed by atoms with Crippen LogP contribution >= 0.6 is 0 Å². The number of nitrogen functional groups attached to an aromatic ring is 1. The topological polar surface area (TPSA) is 148 Å². The Morgan fingerprint density at radius 1 is 1.26 bits per heavy atom. The summed E-state index contributed by atoms with van der Waals surface area (Å²) in [5.41, 5.74) is 8.03. The molecule has 39 heavy (non-hydrogen) atoms. The van der Waals surface area contributed by atoms with Crippen LogP contribution in [0.15, 0.2) is 24.7 Å². The van der Waals surface area contributed by atoms with Crippen LogP contribution in [0.5, 0.6) is 5.88 Å². The second kappa shape index (κ2) is 9.91. The molecule has 0 aromatic carbocycles. The Balaban J connectivity index is 1.45. The van der Waals surface area contributed by atoms with Crippen LogP contribution < -0.4 is 15.8 Å². The molecule has 2 fully saturated rings. The van der Waals surface area contributed by atoms with Crippen molar-refractivity contribution in [3.63, 3.8) is 0 Å². The van der Waals surface area contributed by atoms with E-state index in [2.05, 4.69) is 20.4 Å². The minimum atomic E-state index is -3.62. The van der Waals surface area contributed by atoms with Gasteiger partial charge in [0.05, 0.1) is 37.7 Å². The van der Waals surface area contributed by atoms with Gasteiger partial charge in [-0.25, -0.2) is 36.1 Å². The van der Waals surface area contributed by atoms with Gasteiger partial charge in [-0.3, -0.25) is 9.69 Å². The van der Waals surface area contributed by atoms with Crippen molar-refractivity contribution >= 4 is 27.3 Å². The Kier molecular flexibility index (Phi) is 6.88. The van der Waals surface area contributed by atoms with Gasteiger partial charge in [0, 0.05) is 31.4 Å². The number of alkyl halides is 3. The van der Waals surface area contributed by atoms with Crippen molar-refractivity contribution in [3.8, 4) is 17.1 Å². The molecule has 3 aromatic rings. The van der Waals surface area contributed by atoms with E-state index < -0.39 is 34.1 Å². The highest BCUT2D eigenvalue weighted by Crippen LogP contribution is 2.34. The summed E-state index contributed by atoms with van der Waals surface area (Å²) in [7, 11) is -2.30. The predicted octanol–water partition coefficient (Wildman–Crippen LogP) is 0.935. The molecular weight excluding hydrogens is 541 g/mol. The Hall–Kier alpha value is -3.50. The monoisotopic (exact) mass is 568 g/mol. The summed E-state index contributed by atoms with van der Waals surface area (Å²) < 4.78 is 73.5. The number of sulfonamides is 1. The fourth-order valence-corrected chi connectivity index (χ4v) is 5.99. The van der Waals surface area contributed by atoms with Crippen molar-refractivity contribution in [1.82, 2.24) is 34.1 Å². The largest absolute Gasteiger partial charge is 0.480 e. The summed E-state index contributed by atoms with van der Waals surface area (Å²) in [5.74, 6) is -3.50. The number of likely N-dealkylation sites (tertiary alicyclic amines) is 1. The first-order chi connectivity index (χ1) is 18.4. The van der Waals surface area contributed by atoms with Crippen molar-refractivity contribution in [3.05, 3.63) is 35.8 Å². The van der Waals surface area contributed by atoms with Crippen molar-refractivity contribution in [2.24, 2.45) is 0 Å². The van der Waals surface area contributed by atoms with Gasteiger partial charge in [-0.1, -0.05) is 0 Å². The first-order valence-electron chi connectivity index (χ1n) is 12.1. The molecule has 0 unspecified atom stereocenters. The van der Waals surface area contributed by atoms with Gasteiger partial charge in [0.15, 0.2) is 5.82 Å². The zero-order valence-corrected chi connectivity index (χ0v) is 22.0. The molecule has 2 saturated heterocycles. The number of carbonyl (C=O) groups is 1. The molecule has 0 bridgehead atoms. The van der Waals surface area contributed by atoms with Gasteiger partial charge in [-0.15, -0.1) is 0 Å². The average molecular weight is 569 g/mol. The van der Waals surface area contributed by atoms with Crippen LogP contribution in [0.2, 0.25) is 0 Å². The van der Waals surface area contributed by atoms with E-state index in [0.29, 0.717) is 22.3 Å². The lowest BCUT2D eigenvalue weighted by Gasteiger charge is -2.38. The maximum Gasteiger partial charge on any atom is 0.272 e. The van der Waals surface area contributed by atoms with Gasteiger partial charge in [-0.05, 0) is 24.6 Å². The van der Waals surface area contributed by atoms with Crippen molar-refractivity contribution in [1.29, 1.82) is 0 Å². The Morgan fingerprint density at radius 2 is 2.00 bits per heavy atom. The number of halogens is 3. The number of ether oxygens (including phenoxy) is 1. The van der Waals surface area contributed by atoms with Crippen LogP contribution in [0.1, 0.15) is 22.8 Å². The highest BCUT2D eigenvalue weighted by atomic mass is 32.2. The third kappa shape index (κ3) is 5.10. The number of carbonyl (C=O) groups excluding carboxylic acids is 1. The summed E-state index contributed by atoms with van der Waals surface area (Å²) in [4.78, 5) is 23.0. The molecule has 2 aliphatic heterocycles. The maximum absolute atomic E-state index is 14.7. The van der Waals surface area contributed by atoms with Gasteiger partial charge in [0.25, 0.3) is 11.8 Å². The van der Waals surface area contributed by atoms with Crippen LogP contribution in [-0.4, -0.2) is 100 Å². The van der Waals surface area contributed by atoms with Crippen molar-refractivity contribution in [2.45, 2.75) is 31.6 Å². The lowest BCUT2D eigenvalue weighted by molar-refractivity contribution is -0.133. The lowest BCUT2D eigenvalue weighted by atomic mass is 10.1. The summed E-state index contributed by atoms with van der Waals surface area (Å²) in [5, 5.41) is 6.81. The van der Waals surface area contributed by atoms with Gasteiger partial charge < -0.3 is 15.8 Å². The molecule has 3 N–H and O–H groups in total. The minimum absolute atomic E-state index is 0.0140. The molecule has 1 amide bonds. The molecule has 2 atom stereocenters. The number of pyridine rings is 1. The summed E-state index contributed by atoms with van der Waals surface area (Å²) in [6, 6.07) is 2.13. The molecule has 0 spiro atoms. The average Bonchev–Trinajstić information content (AvgIpc) is 3.44. The zero-order valence-electron chi connectivity index (χ0n) is 21.1. The highest BCUT2D eigenvalue weighted by molar-refractivity contribution is 7.89. The van der Waals surface area contributed by atoms with Gasteiger partial charge >= 0.3 is 0 Å². The number of nitrogens with one attached hydrogen (secondary N) is 1. The number of rotatable bonds is 8. The maximum atomic E-state index is 14.7. The number of hydrogen-bond acceptors (Lipinski definition) is 9. The molecule has 16 heteroatoms. The molecular formula is C23H27F3N8O4S. The number of nitrogens with zero attached hydrogens (tertiary/aromatic N) is 6. The first-order valence-corrected chi connectivity index (χ1v) is 13.7. The second-order valence-electron chi connectivity index (χ2n) is 9.56. The molecule has 5 rings (SSSR count). The number of anilines is 1. The Labute approximate surface area is 222 Å². The van der Waals surface area contributed by atoms with E-state index in [0.717, 1.165) is 4.31 Å². The number of amides is 1. The molecule has 5 heterocycles. The SMILES string of the molecule is CCS(=O)(=O)N1C[C@H](F)[C@H](NC(=O)c2cc(-c3cc(CN4CC(F)(F)C4)c4c(N)ncnn34)cnc2OC)C1. The number of fused-ring (bicyclic) bond motifs is 1. The quantitative estimate of drug-likeness (QED) is 0.405. The molecule has 2 aliphatic rings. The van der Waals surface area contributed by atoms with E-state index in [1.54, 1.807) is 11.0 Å². The minimum Gasteiger partial charge on any atom is -0.480 e. The number of nitrogens with two attached hydrogens (primary N) is 1. The second-order valence-corrected chi connectivity index (χ2v) is 11.8. The standard InChI is InChI=1S/C23H27F3N8O4S/c1-3-39(36,37)33-8-16(24)17(9-33)31-21(35)15-4-13(6-28-22(15)38-2)18-5-14(7-32-10-23(25,26)11-32)19-20(27)29-12-30-34(18)19/h4-6,12,16-17H,3,7-11H2,1-2H3,(H,31,35)(H2,27,29,30)/t16-,17+/m0/s1. The van der Waals surface area contributed by atoms with Crippen LogP contribution in [0.3, 0.4) is 0 Å². The number of aromatic nitrogens is 4. The van der Waals surface area contributed by atoms with E-state index in [1.807, 2.05) is 0 Å². The third-order valence-electron chi connectivity index (χ3n) is 6.84. The molecule has 0 aliphatic carbocycles. The highest BCUT2D eigenvalue weighted by Gasteiger charge is 2.44. The van der Waals surface area contributed by atoms with Crippen LogP contribution in [-0.2, 0) is 16.6 Å². The van der Waals surface area contributed by atoms with E-state index in [1.165, 1.54) is 37.1 Å².